The molecule has 0 aliphatic rings. The lowest BCUT2D eigenvalue weighted by atomic mass is 10.2. The van der Waals surface area contributed by atoms with Crippen LogP contribution in [-0.2, 0) is 9.47 Å². The van der Waals surface area contributed by atoms with E-state index >= 15 is 0 Å². The Kier molecular flexibility index (Phi) is 9.43. The van der Waals surface area contributed by atoms with Gasteiger partial charge in [-0.25, -0.2) is 0 Å². The normalized spacial score (nSPS) is 8.86. The third-order valence-corrected chi connectivity index (χ3v) is 1.51. The van der Waals surface area contributed by atoms with Crippen LogP contribution in [0.3, 0.4) is 0 Å². The highest BCUT2D eigenvalue weighted by atomic mass is 16.5. The zero-order valence-electron chi connectivity index (χ0n) is 9.22. The van der Waals surface area contributed by atoms with Crippen molar-refractivity contribution in [3.8, 4) is 23.7 Å². The van der Waals surface area contributed by atoms with Gasteiger partial charge < -0.3 is 9.47 Å². The minimum atomic E-state index is 0.396. The van der Waals surface area contributed by atoms with Crippen LogP contribution in [-0.4, -0.2) is 26.4 Å². The van der Waals surface area contributed by atoms with Gasteiger partial charge in [0.2, 0.25) is 0 Å². The van der Waals surface area contributed by atoms with Gasteiger partial charge in [0.15, 0.2) is 0 Å². The largest absolute Gasteiger partial charge is 0.368 e. The van der Waals surface area contributed by atoms with Gasteiger partial charge in [-0.1, -0.05) is 18.8 Å². The Morgan fingerprint density at radius 3 is 1.71 bits per heavy atom. The topological polar surface area (TPSA) is 18.5 Å². The maximum absolute atomic E-state index is 5.30. The molecule has 2 nitrogen and oxygen atoms in total. The molecular weight excluding hydrogens is 176 g/mol. The predicted octanol–water partition coefficient (Wildman–Crippen LogP) is 1.70. The Morgan fingerprint density at radius 1 is 0.929 bits per heavy atom. The highest BCUT2D eigenvalue weighted by molar-refractivity contribution is 4.95. The molecule has 0 fully saturated rings. The fourth-order valence-corrected chi connectivity index (χ4v) is 0.815. The summed E-state index contributed by atoms with van der Waals surface area (Å²) in [5.41, 5.74) is 0. The van der Waals surface area contributed by atoms with Gasteiger partial charge in [0.1, 0.15) is 13.2 Å². The zero-order chi connectivity index (χ0) is 10.6. The van der Waals surface area contributed by atoms with Crippen LogP contribution in [0.5, 0.6) is 0 Å². The second-order valence-electron chi connectivity index (χ2n) is 2.99. The standard InChI is InChI=1S/C12H18O2/c1-4-6-8-13-10-12(3)11-14-9-7-5-2/h12H,8-11H2,1-3H3. The number of ether oxygens (including phenoxy) is 2. The molecule has 0 heterocycles. The Labute approximate surface area is 87.0 Å². The van der Waals surface area contributed by atoms with Crippen molar-refractivity contribution in [3.05, 3.63) is 0 Å². The lowest BCUT2D eigenvalue weighted by molar-refractivity contribution is 0.0695. The summed E-state index contributed by atoms with van der Waals surface area (Å²) in [6.07, 6.45) is 0. The van der Waals surface area contributed by atoms with Crippen LogP contribution in [0.1, 0.15) is 20.8 Å². The predicted molar refractivity (Wildman–Crippen MR) is 57.7 cm³/mol. The highest BCUT2D eigenvalue weighted by Crippen LogP contribution is 1.96. The van der Waals surface area contributed by atoms with Crippen molar-refractivity contribution in [2.45, 2.75) is 20.8 Å². The highest BCUT2D eigenvalue weighted by Gasteiger charge is 2.00. The molecule has 0 spiro atoms. The van der Waals surface area contributed by atoms with E-state index in [1.54, 1.807) is 13.8 Å². The Balaban J connectivity index is 3.28. The quantitative estimate of drug-likeness (QED) is 0.473. The molecule has 0 N–H and O–H groups in total. The van der Waals surface area contributed by atoms with Gasteiger partial charge >= 0.3 is 0 Å². The minimum absolute atomic E-state index is 0.396. The Hall–Kier alpha value is -0.960. The minimum Gasteiger partial charge on any atom is -0.368 e. The van der Waals surface area contributed by atoms with E-state index in [-0.39, 0.29) is 0 Å². The number of hydrogen-bond donors (Lipinski definition) is 0. The summed E-state index contributed by atoms with van der Waals surface area (Å²) in [7, 11) is 0. The SMILES string of the molecule is CC#CCOCC(C)COCC#CC. The van der Waals surface area contributed by atoms with E-state index in [1.807, 2.05) is 0 Å². The first-order valence-electron chi connectivity index (χ1n) is 4.76. The molecule has 14 heavy (non-hydrogen) atoms. The van der Waals surface area contributed by atoms with Crippen molar-refractivity contribution in [2.75, 3.05) is 26.4 Å². The summed E-state index contributed by atoms with van der Waals surface area (Å²) >= 11 is 0. The van der Waals surface area contributed by atoms with Gasteiger partial charge in [0, 0.05) is 5.92 Å². The average molecular weight is 194 g/mol. The lowest BCUT2D eigenvalue weighted by Gasteiger charge is -2.09. The number of rotatable bonds is 6. The van der Waals surface area contributed by atoms with Crippen LogP contribution in [0.4, 0.5) is 0 Å². The molecule has 0 unspecified atom stereocenters. The van der Waals surface area contributed by atoms with Crippen LogP contribution in [0.25, 0.3) is 0 Å². The third kappa shape index (κ3) is 9.13. The molecule has 0 rings (SSSR count). The maximum atomic E-state index is 5.30. The number of hydrogen-bond acceptors (Lipinski definition) is 2. The van der Waals surface area contributed by atoms with Gasteiger partial charge in [-0.15, -0.1) is 11.8 Å². The molecule has 0 atom stereocenters. The van der Waals surface area contributed by atoms with E-state index in [1.165, 1.54) is 0 Å². The molecule has 78 valence electrons. The van der Waals surface area contributed by atoms with Crippen LogP contribution in [0.2, 0.25) is 0 Å². The molecule has 0 radical (unpaired) electrons. The molecule has 0 aliphatic carbocycles. The van der Waals surface area contributed by atoms with E-state index < -0.39 is 0 Å². The van der Waals surface area contributed by atoms with Crippen LogP contribution in [0.15, 0.2) is 0 Å². The monoisotopic (exact) mass is 194 g/mol. The van der Waals surface area contributed by atoms with Crippen molar-refractivity contribution in [2.24, 2.45) is 5.92 Å². The molecule has 0 amide bonds. The molecule has 0 aromatic carbocycles. The van der Waals surface area contributed by atoms with E-state index in [0.717, 1.165) is 0 Å². The fraction of sp³-hybridized carbons (Fsp3) is 0.667. The summed E-state index contributed by atoms with van der Waals surface area (Å²) in [4.78, 5) is 0. The van der Waals surface area contributed by atoms with Gasteiger partial charge in [0.25, 0.3) is 0 Å². The van der Waals surface area contributed by atoms with Crippen LogP contribution >= 0.6 is 0 Å². The first-order valence-corrected chi connectivity index (χ1v) is 4.76. The molecule has 0 aromatic heterocycles. The lowest BCUT2D eigenvalue weighted by Crippen LogP contribution is -2.13. The third-order valence-electron chi connectivity index (χ3n) is 1.51. The first-order chi connectivity index (χ1) is 6.81. The summed E-state index contributed by atoms with van der Waals surface area (Å²) in [5, 5.41) is 0. The first kappa shape index (κ1) is 13.0. The second kappa shape index (κ2) is 10.1. The van der Waals surface area contributed by atoms with E-state index in [9.17, 15) is 0 Å². The van der Waals surface area contributed by atoms with E-state index in [0.29, 0.717) is 32.3 Å². The van der Waals surface area contributed by atoms with Gasteiger partial charge in [-0.05, 0) is 13.8 Å². The van der Waals surface area contributed by atoms with Crippen molar-refractivity contribution < 1.29 is 9.47 Å². The van der Waals surface area contributed by atoms with Gasteiger partial charge in [0.05, 0.1) is 13.2 Å². The van der Waals surface area contributed by atoms with Crippen LogP contribution in [0, 0.1) is 29.6 Å². The Morgan fingerprint density at radius 2 is 1.36 bits per heavy atom. The molecule has 0 bridgehead atoms. The summed E-state index contributed by atoms with van der Waals surface area (Å²) in [6.45, 7) is 8.09. The van der Waals surface area contributed by atoms with Crippen molar-refractivity contribution in [3.63, 3.8) is 0 Å². The summed E-state index contributed by atoms with van der Waals surface area (Å²) in [5.74, 6) is 11.6. The summed E-state index contributed by atoms with van der Waals surface area (Å²) in [6, 6.07) is 0. The molecule has 2 heteroatoms. The van der Waals surface area contributed by atoms with Gasteiger partial charge in [-0.3, -0.25) is 0 Å². The van der Waals surface area contributed by atoms with Gasteiger partial charge in [-0.2, -0.15) is 0 Å². The fourth-order valence-electron chi connectivity index (χ4n) is 0.815. The zero-order valence-corrected chi connectivity index (χ0v) is 9.22. The van der Waals surface area contributed by atoms with Crippen molar-refractivity contribution in [1.29, 1.82) is 0 Å². The molecule has 0 saturated heterocycles. The molecule has 0 saturated carbocycles. The van der Waals surface area contributed by atoms with Crippen LogP contribution < -0.4 is 0 Å². The average Bonchev–Trinajstić information content (AvgIpc) is 2.19. The molecule has 0 aromatic rings. The van der Waals surface area contributed by atoms with E-state index in [4.69, 9.17) is 9.47 Å². The molecule has 0 aliphatic heterocycles. The summed E-state index contributed by atoms with van der Waals surface area (Å²) < 4.78 is 10.6. The smallest absolute Gasteiger partial charge is 0.107 e. The van der Waals surface area contributed by atoms with Crippen molar-refractivity contribution in [1.82, 2.24) is 0 Å². The molecular formula is C12H18O2. The Bertz CT molecular complexity index is 211. The second-order valence-corrected chi connectivity index (χ2v) is 2.99. The maximum Gasteiger partial charge on any atom is 0.107 e. The van der Waals surface area contributed by atoms with E-state index in [2.05, 4.69) is 30.6 Å². The van der Waals surface area contributed by atoms with Crippen molar-refractivity contribution >= 4 is 0 Å².